The highest BCUT2D eigenvalue weighted by Crippen LogP contribution is 2.32. The highest BCUT2D eigenvalue weighted by atomic mass is 35.5. The van der Waals surface area contributed by atoms with Gasteiger partial charge in [0.1, 0.15) is 5.02 Å². The molecule has 26 heavy (non-hydrogen) atoms. The molecule has 0 saturated heterocycles. The standard InChI is InChI=1S/C19H11ClN2O4/c20-15-8-7-11(9-16(15)22(25)26)10-21-18(23)13-5-1-3-12-4-2-6-14(17(12)13)19(21)24/h1-9H,10H2. The molecule has 0 fully saturated rings. The number of imide groups is 1. The summed E-state index contributed by atoms with van der Waals surface area (Å²) in [5.74, 6) is -0.839. The van der Waals surface area contributed by atoms with Gasteiger partial charge in [0.15, 0.2) is 0 Å². The predicted molar refractivity (Wildman–Crippen MR) is 96.3 cm³/mol. The van der Waals surface area contributed by atoms with Gasteiger partial charge in [-0.05, 0) is 29.1 Å². The largest absolute Gasteiger partial charge is 0.288 e. The summed E-state index contributed by atoms with van der Waals surface area (Å²) in [6, 6.07) is 14.8. The minimum Gasteiger partial charge on any atom is -0.270 e. The van der Waals surface area contributed by atoms with Crippen molar-refractivity contribution in [3.63, 3.8) is 0 Å². The maximum atomic E-state index is 12.8. The Morgan fingerprint density at radius 3 is 2.15 bits per heavy atom. The molecule has 1 heterocycles. The molecule has 1 aliphatic rings. The van der Waals surface area contributed by atoms with Gasteiger partial charge in [0.25, 0.3) is 17.5 Å². The van der Waals surface area contributed by atoms with Gasteiger partial charge in [-0.25, -0.2) is 0 Å². The number of hydrogen-bond acceptors (Lipinski definition) is 4. The zero-order valence-corrected chi connectivity index (χ0v) is 14.1. The topological polar surface area (TPSA) is 80.5 Å². The van der Waals surface area contributed by atoms with Gasteiger partial charge in [0.2, 0.25) is 0 Å². The van der Waals surface area contributed by atoms with Crippen LogP contribution in [0.5, 0.6) is 0 Å². The lowest BCUT2D eigenvalue weighted by Gasteiger charge is -2.27. The van der Waals surface area contributed by atoms with Gasteiger partial charge in [0.05, 0.1) is 11.5 Å². The van der Waals surface area contributed by atoms with Crippen molar-refractivity contribution in [2.24, 2.45) is 0 Å². The highest BCUT2D eigenvalue weighted by molar-refractivity contribution is 6.32. The first kappa shape index (κ1) is 16.2. The number of carbonyl (C=O) groups excluding carboxylic acids is 2. The van der Waals surface area contributed by atoms with Crippen LogP contribution < -0.4 is 0 Å². The molecule has 128 valence electrons. The summed E-state index contributed by atoms with van der Waals surface area (Å²) in [7, 11) is 0. The normalized spacial score (nSPS) is 13.3. The maximum Gasteiger partial charge on any atom is 0.288 e. The van der Waals surface area contributed by atoms with Gasteiger partial charge in [-0.15, -0.1) is 0 Å². The molecule has 0 aromatic heterocycles. The average Bonchev–Trinajstić information content (AvgIpc) is 2.64. The fourth-order valence-electron chi connectivity index (χ4n) is 3.20. The van der Waals surface area contributed by atoms with Gasteiger partial charge in [-0.2, -0.15) is 0 Å². The molecule has 7 heteroatoms. The molecule has 0 spiro atoms. The molecule has 0 atom stereocenters. The van der Waals surface area contributed by atoms with E-state index < -0.39 is 16.7 Å². The van der Waals surface area contributed by atoms with Crippen LogP contribution >= 0.6 is 11.6 Å². The van der Waals surface area contributed by atoms with Crippen LogP contribution in [-0.4, -0.2) is 21.6 Å². The Kier molecular flexibility index (Phi) is 3.70. The van der Waals surface area contributed by atoms with E-state index in [-0.39, 0.29) is 17.3 Å². The molecule has 3 aromatic carbocycles. The number of nitro groups is 1. The summed E-state index contributed by atoms with van der Waals surface area (Å²) in [6.45, 7) is -0.0691. The Morgan fingerprint density at radius 2 is 1.58 bits per heavy atom. The molecule has 0 radical (unpaired) electrons. The lowest BCUT2D eigenvalue weighted by molar-refractivity contribution is -0.384. The monoisotopic (exact) mass is 366 g/mol. The maximum absolute atomic E-state index is 12.8. The van der Waals surface area contributed by atoms with E-state index in [0.717, 1.165) is 10.3 Å². The summed E-state index contributed by atoms with van der Waals surface area (Å²) in [6.07, 6.45) is 0. The first-order valence-corrected chi connectivity index (χ1v) is 8.16. The van der Waals surface area contributed by atoms with Crippen molar-refractivity contribution in [2.75, 3.05) is 0 Å². The molecule has 0 saturated carbocycles. The Hall–Kier alpha value is -3.25. The third-order valence-corrected chi connectivity index (χ3v) is 4.72. The SMILES string of the molecule is O=C1c2cccc3cccc(c23)C(=O)N1Cc1ccc(Cl)c([N+](=O)[O-])c1. The molecule has 0 unspecified atom stereocenters. The van der Waals surface area contributed by atoms with E-state index >= 15 is 0 Å². The van der Waals surface area contributed by atoms with Crippen LogP contribution in [-0.2, 0) is 6.54 Å². The summed E-state index contributed by atoms with van der Waals surface area (Å²) < 4.78 is 0. The number of hydrogen-bond donors (Lipinski definition) is 0. The van der Waals surface area contributed by atoms with Crippen LogP contribution in [0.15, 0.2) is 54.6 Å². The van der Waals surface area contributed by atoms with Gasteiger partial charge in [-0.1, -0.05) is 41.9 Å². The number of nitrogens with zero attached hydrogens (tertiary/aromatic N) is 2. The highest BCUT2D eigenvalue weighted by Gasteiger charge is 2.32. The molecule has 2 amide bonds. The summed E-state index contributed by atoms with van der Waals surface area (Å²) in [4.78, 5) is 37.3. The van der Waals surface area contributed by atoms with Gasteiger partial charge in [-0.3, -0.25) is 24.6 Å². The zero-order chi connectivity index (χ0) is 18.4. The molecular formula is C19H11ClN2O4. The van der Waals surface area contributed by atoms with Crippen molar-refractivity contribution in [1.29, 1.82) is 0 Å². The van der Waals surface area contributed by atoms with Gasteiger partial charge < -0.3 is 0 Å². The fourth-order valence-corrected chi connectivity index (χ4v) is 3.39. The third-order valence-electron chi connectivity index (χ3n) is 4.40. The van der Waals surface area contributed by atoms with Crippen molar-refractivity contribution in [3.05, 3.63) is 86.4 Å². The minimum absolute atomic E-state index is 0.00478. The molecule has 6 nitrogen and oxygen atoms in total. The molecular weight excluding hydrogens is 356 g/mol. The number of nitro benzene ring substituents is 1. The summed E-state index contributed by atoms with van der Waals surface area (Å²) in [5.41, 5.74) is 1.08. The van der Waals surface area contributed by atoms with E-state index in [9.17, 15) is 19.7 Å². The van der Waals surface area contributed by atoms with Crippen molar-refractivity contribution < 1.29 is 14.5 Å². The number of amides is 2. The first-order chi connectivity index (χ1) is 12.5. The van der Waals surface area contributed by atoms with E-state index in [1.807, 2.05) is 12.1 Å². The van der Waals surface area contributed by atoms with Crippen LogP contribution in [0.1, 0.15) is 26.3 Å². The Labute approximate surface area is 152 Å². The minimum atomic E-state index is -0.596. The van der Waals surface area contributed by atoms with Crippen LogP contribution in [0.3, 0.4) is 0 Å². The quantitative estimate of drug-likeness (QED) is 0.395. The Bertz CT molecular complexity index is 1060. The second-order valence-corrected chi connectivity index (χ2v) is 6.36. The lowest BCUT2D eigenvalue weighted by atomic mass is 9.94. The predicted octanol–water partition coefficient (Wildman–Crippen LogP) is 4.20. The molecule has 1 aliphatic heterocycles. The third kappa shape index (κ3) is 2.43. The van der Waals surface area contributed by atoms with Crippen molar-refractivity contribution in [3.8, 4) is 0 Å². The van der Waals surface area contributed by atoms with E-state index in [1.165, 1.54) is 12.1 Å². The Morgan fingerprint density at radius 1 is 0.962 bits per heavy atom. The van der Waals surface area contributed by atoms with Crippen LogP contribution in [0.4, 0.5) is 5.69 Å². The second kappa shape index (κ2) is 5.93. The van der Waals surface area contributed by atoms with Crippen molar-refractivity contribution in [1.82, 2.24) is 4.90 Å². The number of benzene rings is 3. The summed E-state index contributed by atoms with van der Waals surface area (Å²) in [5, 5.41) is 12.5. The first-order valence-electron chi connectivity index (χ1n) is 7.78. The van der Waals surface area contributed by atoms with E-state index in [1.54, 1.807) is 30.3 Å². The smallest absolute Gasteiger partial charge is 0.270 e. The molecule has 0 bridgehead atoms. The van der Waals surface area contributed by atoms with Crippen molar-refractivity contribution >= 4 is 39.9 Å². The van der Waals surface area contributed by atoms with Gasteiger partial charge >= 0.3 is 0 Å². The molecule has 0 N–H and O–H groups in total. The van der Waals surface area contributed by atoms with E-state index in [0.29, 0.717) is 22.1 Å². The van der Waals surface area contributed by atoms with E-state index in [4.69, 9.17) is 11.6 Å². The number of rotatable bonds is 3. The van der Waals surface area contributed by atoms with Crippen LogP contribution in [0.25, 0.3) is 10.8 Å². The fraction of sp³-hybridized carbons (Fsp3) is 0.0526. The molecule has 3 aromatic rings. The number of carbonyl (C=O) groups is 2. The Balaban J connectivity index is 1.78. The van der Waals surface area contributed by atoms with Crippen LogP contribution in [0, 0.1) is 10.1 Å². The molecule has 0 aliphatic carbocycles. The molecule has 4 rings (SSSR count). The lowest BCUT2D eigenvalue weighted by Crippen LogP contribution is -2.39. The van der Waals surface area contributed by atoms with Gasteiger partial charge in [0, 0.05) is 22.6 Å². The summed E-state index contributed by atoms with van der Waals surface area (Å²) >= 11 is 5.82. The zero-order valence-electron chi connectivity index (χ0n) is 13.3. The second-order valence-electron chi connectivity index (χ2n) is 5.95. The number of halogens is 1. The van der Waals surface area contributed by atoms with Crippen molar-refractivity contribution in [2.45, 2.75) is 6.54 Å². The van der Waals surface area contributed by atoms with E-state index in [2.05, 4.69) is 0 Å². The van der Waals surface area contributed by atoms with Crippen LogP contribution in [0.2, 0.25) is 5.02 Å². The average molecular weight is 367 g/mol.